The number of thiazole rings is 1. The number of fused-ring (bicyclic) bond motifs is 1. The summed E-state index contributed by atoms with van der Waals surface area (Å²) < 4.78 is 1.87. The van der Waals surface area contributed by atoms with Crippen LogP contribution >= 0.6 is 11.3 Å². The molecule has 108 valence electrons. The maximum absolute atomic E-state index is 12.4. The van der Waals surface area contributed by atoms with E-state index in [1.54, 1.807) is 11.1 Å². The van der Waals surface area contributed by atoms with E-state index < -0.39 is 5.97 Å². The summed E-state index contributed by atoms with van der Waals surface area (Å²) in [6.07, 6.45) is 2.45. The van der Waals surface area contributed by atoms with E-state index in [9.17, 15) is 9.59 Å². The van der Waals surface area contributed by atoms with Gasteiger partial charge < -0.3 is 10.0 Å². The molecule has 6 nitrogen and oxygen atoms in total. The average molecular weight is 295 g/mol. The Hall–Kier alpha value is -1.89. The van der Waals surface area contributed by atoms with E-state index >= 15 is 0 Å². The number of aryl methyl sites for hydroxylation is 1. The molecular weight excluding hydrogens is 278 g/mol. The van der Waals surface area contributed by atoms with Crippen molar-refractivity contribution in [1.29, 1.82) is 0 Å². The van der Waals surface area contributed by atoms with E-state index in [0.717, 1.165) is 17.1 Å². The van der Waals surface area contributed by atoms with Gasteiger partial charge in [0.2, 0.25) is 0 Å². The van der Waals surface area contributed by atoms with Crippen molar-refractivity contribution in [2.45, 2.75) is 26.7 Å². The first-order valence-corrected chi connectivity index (χ1v) is 7.35. The van der Waals surface area contributed by atoms with Gasteiger partial charge in [-0.3, -0.25) is 14.0 Å². The number of hydrogen-bond donors (Lipinski definition) is 1. The standard InChI is InChI=1S/C13H17N3O3S/c1-3-5-15(6-4-11(17)18)12(19)10-7-16-9(2)8-20-13(16)14-10/h7-8H,3-6H2,1-2H3,(H,17,18). The van der Waals surface area contributed by atoms with Crippen molar-refractivity contribution in [3.63, 3.8) is 0 Å². The van der Waals surface area contributed by atoms with Crippen LogP contribution in [0.3, 0.4) is 0 Å². The monoisotopic (exact) mass is 295 g/mol. The molecule has 2 aromatic rings. The molecule has 0 saturated carbocycles. The third-order valence-electron chi connectivity index (χ3n) is 2.98. The van der Waals surface area contributed by atoms with E-state index in [-0.39, 0.29) is 18.9 Å². The highest BCUT2D eigenvalue weighted by atomic mass is 32.1. The number of carbonyl (C=O) groups is 2. The van der Waals surface area contributed by atoms with Crippen molar-refractivity contribution in [2.75, 3.05) is 13.1 Å². The van der Waals surface area contributed by atoms with Crippen molar-refractivity contribution >= 4 is 28.2 Å². The summed E-state index contributed by atoms with van der Waals surface area (Å²) in [6.45, 7) is 4.66. The zero-order valence-corrected chi connectivity index (χ0v) is 12.3. The van der Waals surface area contributed by atoms with Gasteiger partial charge >= 0.3 is 5.97 Å². The van der Waals surface area contributed by atoms with Crippen molar-refractivity contribution in [1.82, 2.24) is 14.3 Å². The molecule has 0 aromatic carbocycles. The molecule has 0 fully saturated rings. The maximum Gasteiger partial charge on any atom is 0.305 e. The van der Waals surface area contributed by atoms with Crippen molar-refractivity contribution in [3.05, 3.63) is 23.0 Å². The van der Waals surface area contributed by atoms with Crippen LogP contribution in [-0.2, 0) is 4.79 Å². The number of imidazole rings is 1. The van der Waals surface area contributed by atoms with Gasteiger partial charge in [-0.15, -0.1) is 11.3 Å². The number of carbonyl (C=O) groups excluding carboxylic acids is 1. The lowest BCUT2D eigenvalue weighted by atomic mass is 10.3. The van der Waals surface area contributed by atoms with Crippen molar-refractivity contribution in [2.24, 2.45) is 0 Å². The number of aromatic nitrogens is 2. The molecule has 2 rings (SSSR count). The second-order valence-corrected chi connectivity index (χ2v) is 5.43. The molecule has 0 atom stereocenters. The molecule has 0 radical (unpaired) electrons. The van der Waals surface area contributed by atoms with E-state index in [1.807, 2.05) is 23.6 Å². The van der Waals surface area contributed by atoms with Gasteiger partial charge in [0.05, 0.1) is 6.42 Å². The molecule has 2 aromatic heterocycles. The second kappa shape index (κ2) is 6.04. The number of hydrogen-bond acceptors (Lipinski definition) is 4. The topological polar surface area (TPSA) is 74.9 Å². The van der Waals surface area contributed by atoms with Crippen LogP contribution in [-0.4, -0.2) is 44.4 Å². The Morgan fingerprint density at radius 2 is 2.20 bits per heavy atom. The molecular formula is C13H17N3O3S. The Morgan fingerprint density at radius 3 is 2.80 bits per heavy atom. The molecule has 20 heavy (non-hydrogen) atoms. The van der Waals surface area contributed by atoms with Gasteiger partial charge in [0.25, 0.3) is 5.91 Å². The summed E-state index contributed by atoms with van der Waals surface area (Å²) in [4.78, 5) is 29.7. The van der Waals surface area contributed by atoms with E-state index in [2.05, 4.69) is 4.98 Å². The van der Waals surface area contributed by atoms with E-state index in [1.165, 1.54) is 11.3 Å². The number of rotatable bonds is 6. The minimum Gasteiger partial charge on any atom is -0.481 e. The fourth-order valence-corrected chi connectivity index (χ4v) is 2.83. The summed E-state index contributed by atoms with van der Waals surface area (Å²) in [7, 11) is 0. The third kappa shape index (κ3) is 2.98. The Morgan fingerprint density at radius 1 is 1.45 bits per heavy atom. The lowest BCUT2D eigenvalue weighted by molar-refractivity contribution is -0.137. The van der Waals surface area contributed by atoms with Crippen LogP contribution in [0, 0.1) is 6.92 Å². The average Bonchev–Trinajstić information content (AvgIpc) is 2.96. The van der Waals surface area contributed by atoms with Crippen LogP contribution in [0.5, 0.6) is 0 Å². The number of amides is 1. The number of nitrogens with zero attached hydrogens (tertiary/aromatic N) is 3. The van der Waals surface area contributed by atoms with Gasteiger partial charge in [-0.2, -0.15) is 0 Å². The van der Waals surface area contributed by atoms with Gasteiger partial charge in [0.15, 0.2) is 4.96 Å². The number of carboxylic acid groups (broad SMARTS) is 1. The molecule has 2 heterocycles. The largest absolute Gasteiger partial charge is 0.481 e. The minimum atomic E-state index is -0.902. The molecule has 0 aliphatic heterocycles. The number of aliphatic carboxylic acids is 1. The minimum absolute atomic E-state index is 0.0486. The lowest BCUT2D eigenvalue weighted by Crippen LogP contribution is -2.34. The molecule has 0 aliphatic rings. The second-order valence-electron chi connectivity index (χ2n) is 4.59. The van der Waals surface area contributed by atoms with Crippen LogP contribution in [0.25, 0.3) is 4.96 Å². The van der Waals surface area contributed by atoms with Crippen molar-refractivity contribution < 1.29 is 14.7 Å². The molecule has 0 spiro atoms. The molecule has 1 N–H and O–H groups in total. The van der Waals surface area contributed by atoms with Gasteiger partial charge in [-0.05, 0) is 13.3 Å². The Kier molecular flexibility index (Phi) is 4.39. The predicted molar refractivity (Wildman–Crippen MR) is 76.3 cm³/mol. The van der Waals surface area contributed by atoms with Crippen LogP contribution in [0.15, 0.2) is 11.6 Å². The Bertz CT molecular complexity index is 632. The van der Waals surface area contributed by atoms with E-state index in [4.69, 9.17) is 5.11 Å². The van der Waals surface area contributed by atoms with Gasteiger partial charge in [-0.25, -0.2) is 4.98 Å². The lowest BCUT2D eigenvalue weighted by Gasteiger charge is -2.20. The first kappa shape index (κ1) is 14.5. The van der Waals surface area contributed by atoms with Gasteiger partial charge in [0.1, 0.15) is 5.69 Å². The summed E-state index contributed by atoms with van der Waals surface area (Å²) in [5, 5.41) is 10.7. The van der Waals surface area contributed by atoms with Crippen LogP contribution in [0.2, 0.25) is 0 Å². The highest BCUT2D eigenvalue weighted by Gasteiger charge is 2.19. The first-order chi connectivity index (χ1) is 9.52. The first-order valence-electron chi connectivity index (χ1n) is 6.47. The number of carboxylic acids is 1. The zero-order valence-electron chi connectivity index (χ0n) is 11.5. The Labute approximate surface area is 120 Å². The third-order valence-corrected chi connectivity index (χ3v) is 3.94. The molecule has 0 aliphatic carbocycles. The summed E-state index contributed by atoms with van der Waals surface area (Å²) in [5.74, 6) is -1.11. The Balaban J connectivity index is 2.18. The highest BCUT2D eigenvalue weighted by molar-refractivity contribution is 7.15. The molecule has 0 bridgehead atoms. The van der Waals surface area contributed by atoms with Crippen LogP contribution in [0.4, 0.5) is 0 Å². The van der Waals surface area contributed by atoms with Crippen LogP contribution in [0.1, 0.15) is 35.9 Å². The molecule has 7 heteroatoms. The van der Waals surface area contributed by atoms with Gasteiger partial charge in [-0.1, -0.05) is 6.92 Å². The highest BCUT2D eigenvalue weighted by Crippen LogP contribution is 2.17. The maximum atomic E-state index is 12.4. The molecule has 0 saturated heterocycles. The summed E-state index contributed by atoms with van der Waals surface area (Å²) >= 11 is 1.48. The quantitative estimate of drug-likeness (QED) is 0.885. The fourth-order valence-electron chi connectivity index (χ4n) is 1.97. The van der Waals surface area contributed by atoms with Gasteiger partial charge in [0, 0.05) is 30.4 Å². The van der Waals surface area contributed by atoms with Crippen LogP contribution < -0.4 is 0 Å². The summed E-state index contributed by atoms with van der Waals surface area (Å²) in [6, 6.07) is 0. The molecule has 0 unspecified atom stereocenters. The molecule has 1 amide bonds. The summed E-state index contributed by atoms with van der Waals surface area (Å²) in [5.41, 5.74) is 1.41. The predicted octanol–water partition coefficient (Wildman–Crippen LogP) is 2.03. The SMILES string of the molecule is CCCN(CCC(=O)O)C(=O)c1cn2c(C)csc2n1. The normalized spacial score (nSPS) is 10.9. The fraction of sp³-hybridized carbons (Fsp3) is 0.462. The van der Waals surface area contributed by atoms with E-state index in [0.29, 0.717) is 12.2 Å². The zero-order chi connectivity index (χ0) is 14.7. The smallest absolute Gasteiger partial charge is 0.305 e. The van der Waals surface area contributed by atoms with Crippen molar-refractivity contribution in [3.8, 4) is 0 Å².